The molecule has 342 valence electrons. The zero-order chi connectivity index (χ0) is 43.6. The van der Waals surface area contributed by atoms with Gasteiger partial charge in [0.15, 0.2) is 0 Å². The summed E-state index contributed by atoms with van der Waals surface area (Å²) in [5.74, 6) is 2.85. The SMILES string of the molecule is COc1ccc2c(c1)-c1c(cnn1CC(=O)NCCN(C1CCCCC1)C1CCCCC1)C(C1CCCC(N3CCN(C(=O)Cn4ncc5c4-c4cc(C)ccc4OC5)CC3)CC1)O2. The Kier molecular flexibility index (Phi) is 13.0. The number of amides is 2. The molecule has 4 aromatic rings. The second-order valence-corrected chi connectivity index (χ2v) is 19.5. The number of carbonyl (C=O) groups excluding carboxylic acids is 2. The number of nitrogens with one attached hydrogen (secondary N) is 1. The van der Waals surface area contributed by atoms with Crippen LogP contribution < -0.4 is 19.5 Å². The number of nitrogens with zero attached hydrogens (tertiary/aromatic N) is 7. The molecule has 6 aliphatic rings. The van der Waals surface area contributed by atoms with Gasteiger partial charge in [-0.3, -0.25) is 28.8 Å². The van der Waals surface area contributed by atoms with Crippen molar-refractivity contribution < 1.29 is 23.8 Å². The summed E-state index contributed by atoms with van der Waals surface area (Å²) in [4.78, 5) is 34.9. The van der Waals surface area contributed by atoms with Crippen molar-refractivity contribution in [3.05, 3.63) is 65.5 Å². The van der Waals surface area contributed by atoms with Gasteiger partial charge in [0.05, 0.1) is 30.9 Å². The van der Waals surface area contributed by atoms with E-state index in [0.29, 0.717) is 37.2 Å². The quantitative estimate of drug-likeness (QED) is 0.142. The molecule has 5 heterocycles. The van der Waals surface area contributed by atoms with E-state index in [1.54, 1.807) is 7.11 Å². The standard InChI is InChI=1S/C51H68N8O5/c1-35-16-20-45-42(28-35)49-37(34-63-45)30-53-59(49)33-48(61)56-26-24-55(25-27-56)38-15-9-10-36(17-18-38)51-44-31-54-58(50(44)43-29-41(62-2)19-21-46(43)64-51)32-47(60)52-22-23-57(39-11-5-3-6-12-39)40-13-7-4-8-14-40/h16,19-21,28-31,36,38-40,51H,3-15,17-18,22-27,32-34H2,1-2H3,(H,52,60). The van der Waals surface area contributed by atoms with Crippen LogP contribution in [-0.2, 0) is 29.3 Å². The minimum atomic E-state index is -0.143. The first-order valence-electron chi connectivity index (χ1n) is 24.6. The van der Waals surface area contributed by atoms with Gasteiger partial charge in [-0.25, -0.2) is 0 Å². The topological polar surface area (TPSA) is 119 Å². The maximum Gasteiger partial charge on any atom is 0.244 e. The molecule has 64 heavy (non-hydrogen) atoms. The fourth-order valence-electron chi connectivity index (χ4n) is 12.1. The van der Waals surface area contributed by atoms with Crippen LogP contribution in [0.2, 0.25) is 0 Å². The zero-order valence-corrected chi connectivity index (χ0v) is 38.1. The Labute approximate surface area is 378 Å². The highest BCUT2D eigenvalue weighted by atomic mass is 16.5. The van der Waals surface area contributed by atoms with Crippen LogP contribution in [0.15, 0.2) is 48.8 Å². The van der Waals surface area contributed by atoms with E-state index < -0.39 is 0 Å². The molecule has 2 amide bonds. The molecule has 13 nitrogen and oxygen atoms in total. The van der Waals surface area contributed by atoms with Crippen molar-refractivity contribution in [2.45, 2.75) is 147 Å². The molecule has 3 saturated carbocycles. The first kappa shape index (κ1) is 43.0. The highest BCUT2D eigenvalue weighted by molar-refractivity contribution is 5.80. The number of benzene rings is 2. The Morgan fingerprint density at radius 3 is 2.25 bits per heavy atom. The first-order valence-corrected chi connectivity index (χ1v) is 24.6. The third-order valence-electron chi connectivity index (χ3n) is 15.5. The van der Waals surface area contributed by atoms with Crippen LogP contribution in [0.25, 0.3) is 22.5 Å². The van der Waals surface area contributed by atoms with Gasteiger partial charge in [0, 0.05) is 85.6 Å². The van der Waals surface area contributed by atoms with Crippen molar-refractivity contribution in [1.82, 2.24) is 39.6 Å². The van der Waals surface area contributed by atoms with Gasteiger partial charge in [-0.15, -0.1) is 0 Å². The predicted molar refractivity (Wildman–Crippen MR) is 246 cm³/mol. The number of rotatable bonds is 12. The molecule has 0 bridgehead atoms. The summed E-state index contributed by atoms with van der Waals surface area (Å²) in [7, 11) is 1.69. The zero-order valence-electron chi connectivity index (χ0n) is 38.1. The lowest BCUT2D eigenvalue weighted by molar-refractivity contribution is -0.134. The van der Waals surface area contributed by atoms with Crippen molar-refractivity contribution in [2.75, 3.05) is 46.4 Å². The molecule has 0 spiro atoms. The van der Waals surface area contributed by atoms with Crippen molar-refractivity contribution >= 4 is 11.8 Å². The second kappa shape index (κ2) is 19.3. The Bertz CT molecular complexity index is 2250. The van der Waals surface area contributed by atoms with Crippen LogP contribution in [0.3, 0.4) is 0 Å². The minimum absolute atomic E-state index is 0.000910. The molecule has 1 saturated heterocycles. The van der Waals surface area contributed by atoms with E-state index in [0.717, 1.165) is 121 Å². The van der Waals surface area contributed by atoms with Gasteiger partial charge in [0.25, 0.3) is 0 Å². The van der Waals surface area contributed by atoms with Crippen LogP contribution >= 0.6 is 0 Å². The summed E-state index contributed by atoms with van der Waals surface area (Å²) in [5.41, 5.74) is 7.14. The van der Waals surface area contributed by atoms with Crippen molar-refractivity contribution in [1.29, 1.82) is 0 Å². The van der Waals surface area contributed by atoms with Crippen molar-refractivity contribution in [2.24, 2.45) is 5.92 Å². The summed E-state index contributed by atoms with van der Waals surface area (Å²) < 4.78 is 22.3. The third kappa shape index (κ3) is 9.03. The third-order valence-corrected chi connectivity index (χ3v) is 15.5. The van der Waals surface area contributed by atoms with E-state index in [2.05, 4.69) is 39.3 Å². The number of hydrogen-bond acceptors (Lipinski definition) is 9. The molecule has 3 aliphatic carbocycles. The van der Waals surface area contributed by atoms with E-state index >= 15 is 0 Å². The number of methoxy groups -OCH3 is 1. The molecule has 3 aliphatic heterocycles. The van der Waals surface area contributed by atoms with Gasteiger partial charge in [-0.05, 0) is 88.6 Å². The number of carbonyl (C=O) groups is 2. The number of aryl methyl sites for hydroxylation is 1. The van der Waals surface area contributed by atoms with Gasteiger partial charge in [0.2, 0.25) is 11.8 Å². The maximum atomic E-state index is 13.7. The van der Waals surface area contributed by atoms with Crippen LogP contribution in [0.4, 0.5) is 0 Å². The fourth-order valence-corrected chi connectivity index (χ4v) is 12.1. The number of piperazine rings is 1. The average molecular weight is 873 g/mol. The lowest BCUT2D eigenvalue weighted by atomic mass is 9.86. The number of aromatic nitrogens is 4. The molecule has 3 atom stereocenters. The van der Waals surface area contributed by atoms with Crippen LogP contribution in [-0.4, -0.2) is 111 Å². The molecule has 0 radical (unpaired) electrons. The van der Waals surface area contributed by atoms with E-state index in [-0.39, 0.29) is 31.0 Å². The molecule has 2 aromatic heterocycles. The molecular weight excluding hydrogens is 805 g/mol. The monoisotopic (exact) mass is 873 g/mol. The number of ether oxygens (including phenoxy) is 3. The van der Waals surface area contributed by atoms with E-state index in [1.165, 1.54) is 64.2 Å². The largest absolute Gasteiger partial charge is 0.497 e. The smallest absolute Gasteiger partial charge is 0.244 e. The summed E-state index contributed by atoms with van der Waals surface area (Å²) in [6.07, 6.45) is 22.3. The minimum Gasteiger partial charge on any atom is -0.497 e. The van der Waals surface area contributed by atoms with Gasteiger partial charge >= 0.3 is 0 Å². The van der Waals surface area contributed by atoms with Crippen LogP contribution in [0.5, 0.6) is 17.2 Å². The fraction of sp³-hybridized carbons (Fsp3) is 0.608. The second-order valence-electron chi connectivity index (χ2n) is 19.5. The Morgan fingerprint density at radius 1 is 0.766 bits per heavy atom. The van der Waals surface area contributed by atoms with Crippen LogP contribution in [0.1, 0.15) is 119 Å². The Balaban J connectivity index is 0.764. The normalized spacial score (nSPS) is 22.9. The van der Waals surface area contributed by atoms with Crippen molar-refractivity contribution in [3.8, 4) is 39.8 Å². The lowest BCUT2D eigenvalue weighted by Crippen LogP contribution is -2.52. The summed E-state index contributed by atoms with van der Waals surface area (Å²) in [6, 6.07) is 14.0. The summed E-state index contributed by atoms with van der Waals surface area (Å²) >= 11 is 0. The van der Waals surface area contributed by atoms with E-state index in [1.807, 2.05) is 50.9 Å². The van der Waals surface area contributed by atoms with Crippen LogP contribution in [0, 0.1) is 12.8 Å². The Morgan fingerprint density at radius 2 is 1.48 bits per heavy atom. The molecule has 4 fully saturated rings. The molecule has 10 rings (SSSR count). The first-order chi connectivity index (χ1) is 31.4. The van der Waals surface area contributed by atoms with E-state index in [4.69, 9.17) is 19.3 Å². The van der Waals surface area contributed by atoms with E-state index in [9.17, 15) is 9.59 Å². The highest BCUT2D eigenvalue weighted by Gasteiger charge is 2.38. The highest BCUT2D eigenvalue weighted by Crippen LogP contribution is 2.49. The number of fused-ring (bicyclic) bond motifs is 6. The van der Waals surface area contributed by atoms with Gasteiger partial charge in [-0.2, -0.15) is 10.2 Å². The Hall–Kier alpha value is -4.88. The molecular formula is C51H68N8O5. The number of hydrogen-bond donors (Lipinski definition) is 1. The summed E-state index contributed by atoms with van der Waals surface area (Å²) in [5, 5.41) is 12.8. The lowest BCUT2D eigenvalue weighted by Gasteiger charge is -2.41. The summed E-state index contributed by atoms with van der Waals surface area (Å²) in [6.45, 7) is 7.73. The van der Waals surface area contributed by atoms with Gasteiger partial charge in [-0.1, -0.05) is 56.6 Å². The molecule has 3 unspecified atom stereocenters. The molecule has 1 N–H and O–H groups in total. The van der Waals surface area contributed by atoms with Gasteiger partial charge in [0.1, 0.15) is 43.0 Å². The maximum absolute atomic E-state index is 13.7. The predicted octanol–water partition coefficient (Wildman–Crippen LogP) is 7.93. The van der Waals surface area contributed by atoms with Gasteiger partial charge < -0.3 is 24.4 Å². The molecule has 2 aromatic carbocycles. The molecule has 13 heteroatoms. The average Bonchev–Trinajstić information content (AvgIpc) is 3.86. The van der Waals surface area contributed by atoms with Crippen molar-refractivity contribution in [3.63, 3.8) is 0 Å².